The predicted octanol–water partition coefficient (Wildman–Crippen LogP) is 2.38. The summed E-state index contributed by atoms with van der Waals surface area (Å²) < 4.78 is 20.2. The maximum Gasteiger partial charge on any atom is 0.343 e. The standard InChI is InChI=1S/C18H19NO6/c1-22-11-15-13(17(20)23-2)9-14(18(21)24-3)16(19-15)25-10-12-7-5-4-6-8-12/h4-9H,10-11H2,1-3H3. The molecule has 0 saturated heterocycles. The number of aromatic nitrogens is 1. The first kappa shape index (κ1) is 18.4. The molecule has 0 N–H and O–H groups in total. The molecule has 0 bridgehead atoms. The van der Waals surface area contributed by atoms with Gasteiger partial charge in [-0.05, 0) is 11.6 Å². The van der Waals surface area contributed by atoms with Gasteiger partial charge in [-0.3, -0.25) is 0 Å². The molecule has 0 amide bonds. The predicted molar refractivity (Wildman–Crippen MR) is 88.4 cm³/mol. The zero-order valence-electron chi connectivity index (χ0n) is 14.3. The molecule has 0 fully saturated rings. The molecule has 7 nitrogen and oxygen atoms in total. The highest BCUT2D eigenvalue weighted by molar-refractivity contribution is 5.97. The first-order valence-electron chi connectivity index (χ1n) is 7.47. The van der Waals surface area contributed by atoms with Crippen molar-refractivity contribution in [2.75, 3.05) is 21.3 Å². The Morgan fingerprint density at radius 1 is 0.920 bits per heavy atom. The number of carbonyl (C=O) groups excluding carboxylic acids is 2. The molecule has 0 unspecified atom stereocenters. The van der Waals surface area contributed by atoms with Gasteiger partial charge in [0.05, 0.1) is 32.1 Å². The van der Waals surface area contributed by atoms with Gasteiger partial charge in [0.25, 0.3) is 0 Å². The van der Waals surface area contributed by atoms with Crippen molar-refractivity contribution in [1.82, 2.24) is 4.98 Å². The number of ether oxygens (including phenoxy) is 4. The van der Waals surface area contributed by atoms with Crippen LogP contribution >= 0.6 is 0 Å². The van der Waals surface area contributed by atoms with Crippen molar-refractivity contribution in [2.24, 2.45) is 0 Å². The van der Waals surface area contributed by atoms with Gasteiger partial charge in [0, 0.05) is 7.11 Å². The van der Waals surface area contributed by atoms with Crippen LogP contribution in [0.3, 0.4) is 0 Å². The Kier molecular flexibility index (Phi) is 6.47. The fourth-order valence-corrected chi connectivity index (χ4v) is 2.16. The summed E-state index contributed by atoms with van der Waals surface area (Å²) in [7, 11) is 3.96. The Labute approximate surface area is 145 Å². The molecule has 132 valence electrons. The molecule has 0 aliphatic heterocycles. The topological polar surface area (TPSA) is 84.0 Å². The lowest BCUT2D eigenvalue weighted by Gasteiger charge is -2.14. The van der Waals surface area contributed by atoms with E-state index in [1.54, 1.807) is 0 Å². The highest BCUT2D eigenvalue weighted by Crippen LogP contribution is 2.23. The van der Waals surface area contributed by atoms with Crippen molar-refractivity contribution in [3.8, 4) is 5.88 Å². The zero-order valence-corrected chi connectivity index (χ0v) is 14.3. The van der Waals surface area contributed by atoms with Crippen LogP contribution in [0.2, 0.25) is 0 Å². The monoisotopic (exact) mass is 345 g/mol. The number of pyridine rings is 1. The first-order valence-corrected chi connectivity index (χ1v) is 7.47. The maximum atomic E-state index is 12.1. The van der Waals surface area contributed by atoms with E-state index < -0.39 is 11.9 Å². The number of rotatable bonds is 7. The van der Waals surface area contributed by atoms with Crippen LogP contribution in [0, 0.1) is 0 Å². The van der Waals surface area contributed by atoms with Gasteiger partial charge in [-0.2, -0.15) is 0 Å². The third-order valence-electron chi connectivity index (χ3n) is 3.38. The zero-order chi connectivity index (χ0) is 18.2. The normalized spacial score (nSPS) is 10.2. The van der Waals surface area contributed by atoms with Crippen molar-refractivity contribution < 1.29 is 28.5 Å². The fourth-order valence-electron chi connectivity index (χ4n) is 2.16. The number of nitrogens with zero attached hydrogens (tertiary/aromatic N) is 1. The van der Waals surface area contributed by atoms with Gasteiger partial charge in [-0.25, -0.2) is 14.6 Å². The summed E-state index contributed by atoms with van der Waals surface area (Å²) in [5.74, 6) is -1.22. The van der Waals surface area contributed by atoms with Crippen LogP contribution in [-0.4, -0.2) is 38.3 Å². The summed E-state index contributed by atoms with van der Waals surface area (Å²) >= 11 is 0. The quantitative estimate of drug-likeness (QED) is 0.712. The number of methoxy groups -OCH3 is 3. The second-order valence-electron chi connectivity index (χ2n) is 5.03. The van der Waals surface area contributed by atoms with E-state index in [1.807, 2.05) is 30.3 Å². The van der Waals surface area contributed by atoms with Gasteiger partial charge in [-0.15, -0.1) is 0 Å². The lowest BCUT2D eigenvalue weighted by Crippen LogP contribution is -2.15. The summed E-state index contributed by atoms with van der Waals surface area (Å²) in [6, 6.07) is 10.8. The number of esters is 2. The van der Waals surface area contributed by atoms with E-state index in [1.165, 1.54) is 27.4 Å². The van der Waals surface area contributed by atoms with Crippen LogP contribution < -0.4 is 4.74 Å². The van der Waals surface area contributed by atoms with E-state index in [9.17, 15) is 9.59 Å². The van der Waals surface area contributed by atoms with Crippen LogP contribution in [0.5, 0.6) is 5.88 Å². The largest absolute Gasteiger partial charge is 0.472 e. The SMILES string of the molecule is COCc1nc(OCc2ccccc2)c(C(=O)OC)cc1C(=O)OC. The lowest BCUT2D eigenvalue weighted by atomic mass is 10.1. The van der Waals surface area contributed by atoms with Crippen LogP contribution in [0.4, 0.5) is 0 Å². The minimum Gasteiger partial charge on any atom is -0.472 e. The van der Waals surface area contributed by atoms with E-state index in [-0.39, 0.29) is 30.2 Å². The van der Waals surface area contributed by atoms with E-state index in [4.69, 9.17) is 18.9 Å². The number of hydrogen-bond donors (Lipinski definition) is 0. The maximum absolute atomic E-state index is 12.1. The summed E-state index contributed by atoms with van der Waals surface area (Å²) in [4.78, 5) is 28.3. The minimum absolute atomic E-state index is 0.0404. The summed E-state index contributed by atoms with van der Waals surface area (Å²) in [6.07, 6.45) is 0. The Morgan fingerprint density at radius 3 is 2.16 bits per heavy atom. The lowest BCUT2D eigenvalue weighted by molar-refractivity contribution is 0.0590. The molecule has 2 aromatic rings. The molecule has 0 atom stereocenters. The van der Waals surface area contributed by atoms with Crippen molar-refractivity contribution in [3.63, 3.8) is 0 Å². The molecule has 1 aromatic heterocycles. The number of benzene rings is 1. The Hall–Kier alpha value is -2.93. The average Bonchev–Trinajstić information content (AvgIpc) is 2.66. The Morgan fingerprint density at radius 2 is 1.56 bits per heavy atom. The van der Waals surface area contributed by atoms with Gasteiger partial charge < -0.3 is 18.9 Å². The van der Waals surface area contributed by atoms with E-state index in [0.717, 1.165) is 5.56 Å². The third-order valence-corrected chi connectivity index (χ3v) is 3.38. The Bertz CT molecular complexity index is 745. The molecule has 0 saturated carbocycles. The summed E-state index contributed by atoms with van der Waals surface area (Å²) in [6.45, 7) is 0.273. The molecule has 7 heteroatoms. The van der Waals surface area contributed by atoms with Crippen LogP contribution in [0.15, 0.2) is 36.4 Å². The van der Waals surface area contributed by atoms with Gasteiger partial charge in [0.15, 0.2) is 0 Å². The second-order valence-corrected chi connectivity index (χ2v) is 5.03. The summed E-state index contributed by atoms with van der Waals surface area (Å²) in [5.41, 5.74) is 1.38. The molecular weight excluding hydrogens is 326 g/mol. The molecular formula is C18H19NO6. The molecule has 0 radical (unpaired) electrons. The number of hydrogen-bond acceptors (Lipinski definition) is 7. The smallest absolute Gasteiger partial charge is 0.343 e. The highest BCUT2D eigenvalue weighted by atomic mass is 16.5. The first-order chi connectivity index (χ1) is 12.1. The minimum atomic E-state index is -0.662. The van der Waals surface area contributed by atoms with Crippen LogP contribution in [0.25, 0.3) is 0 Å². The van der Waals surface area contributed by atoms with E-state index in [2.05, 4.69) is 4.98 Å². The van der Waals surface area contributed by atoms with Crippen molar-refractivity contribution in [1.29, 1.82) is 0 Å². The van der Waals surface area contributed by atoms with Gasteiger partial charge in [0.1, 0.15) is 12.2 Å². The molecule has 0 aliphatic rings. The highest BCUT2D eigenvalue weighted by Gasteiger charge is 2.23. The van der Waals surface area contributed by atoms with Crippen molar-refractivity contribution in [2.45, 2.75) is 13.2 Å². The molecule has 25 heavy (non-hydrogen) atoms. The van der Waals surface area contributed by atoms with Crippen LogP contribution in [0.1, 0.15) is 32.0 Å². The van der Waals surface area contributed by atoms with Crippen molar-refractivity contribution in [3.05, 3.63) is 58.8 Å². The van der Waals surface area contributed by atoms with Gasteiger partial charge >= 0.3 is 11.9 Å². The fraction of sp³-hybridized carbons (Fsp3) is 0.278. The average molecular weight is 345 g/mol. The molecule has 0 spiro atoms. The molecule has 1 heterocycles. The van der Waals surface area contributed by atoms with Gasteiger partial charge in [-0.1, -0.05) is 30.3 Å². The van der Waals surface area contributed by atoms with E-state index >= 15 is 0 Å². The number of carbonyl (C=O) groups is 2. The Balaban J connectivity index is 2.42. The summed E-state index contributed by atoms with van der Waals surface area (Å²) in [5, 5.41) is 0. The molecule has 2 rings (SSSR count). The third kappa shape index (κ3) is 4.54. The van der Waals surface area contributed by atoms with Crippen molar-refractivity contribution >= 4 is 11.9 Å². The van der Waals surface area contributed by atoms with E-state index in [0.29, 0.717) is 5.69 Å². The molecule has 1 aromatic carbocycles. The second kappa shape index (κ2) is 8.79. The van der Waals surface area contributed by atoms with Gasteiger partial charge in [0.2, 0.25) is 5.88 Å². The molecule has 0 aliphatic carbocycles. The van der Waals surface area contributed by atoms with Crippen LogP contribution in [-0.2, 0) is 27.4 Å².